The molecule has 1 nitrogen and oxygen atoms in total. The van der Waals surface area contributed by atoms with Gasteiger partial charge in [-0.05, 0) is 24.3 Å². The van der Waals surface area contributed by atoms with Crippen molar-refractivity contribution in [3.05, 3.63) is 54.3 Å². The summed E-state index contributed by atoms with van der Waals surface area (Å²) in [5.74, 6) is -0.217. The van der Waals surface area contributed by atoms with Crippen LogP contribution in [0.25, 0.3) is 21.8 Å². The molecular weight excluding hydrogens is 189 g/mol. The molecule has 0 atom stereocenters. The molecule has 0 saturated heterocycles. The molecule has 2 aromatic carbocycles. The molecule has 0 aliphatic rings. The number of hydrogen-bond donors (Lipinski definition) is 0. The van der Waals surface area contributed by atoms with Crippen LogP contribution >= 0.6 is 0 Å². The normalized spacial score (nSPS) is 11.0. The van der Waals surface area contributed by atoms with Gasteiger partial charge in [0.1, 0.15) is 5.82 Å². The lowest BCUT2D eigenvalue weighted by atomic mass is 10.1. The van der Waals surface area contributed by atoms with E-state index in [4.69, 9.17) is 0 Å². The Balaban J connectivity index is 2.53. The molecule has 0 radical (unpaired) electrons. The van der Waals surface area contributed by atoms with Crippen LogP contribution in [0.3, 0.4) is 0 Å². The molecule has 3 rings (SSSR count). The molecule has 1 aromatic heterocycles. The molecule has 0 aliphatic carbocycles. The summed E-state index contributed by atoms with van der Waals surface area (Å²) >= 11 is 0. The van der Waals surface area contributed by atoms with Gasteiger partial charge in [-0.1, -0.05) is 24.3 Å². The molecular formula is C13H8FN. The molecule has 3 aromatic rings. The van der Waals surface area contributed by atoms with Crippen molar-refractivity contribution in [2.75, 3.05) is 0 Å². The number of nitrogens with zero attached hydrogens (tertiary/aromatic N) is 1. The lowest BCUT2D eigenvalue weighted by Gasteiger charge is -2.01. The molecule has 0 fully saturated rings. The summed E-state index contributed by atoms with van der Waals surface area (Å²) in [5, 5.41) is 1.55. The molecule has 1 heterocycles. The van der Waals surface area contributed by atoms with Gasteiger partial charge in [-0.15, -0.1) is 0 Å². The second-order valence-electron chi connectivity index (χ2n) is 3.49. The van der Waals surface area contributed by atoms with E-state index in [1.165, 1.54) is 6.07 Å². The minimum atomic E-state index is -0.217. The first kappa shape index (κ1) is 8.36. The standard InChI is InChI=1S/C13H8FN/c14-11-5-3-7-13-10(11)8-9-4-1-2-6-12(9)15-13/h1-8H. The van der Waals surface area contributed by atoms with Crippen molar-refractivity contribution in [2.24, 2.45) is 0 Å². The molecule has 0 N–H and O–H groups in total. The zero-order valence-electron chi connectivity index (χ0n) is 7.94. The summed E-state index contributed by atoms with van der Waals surface area (Å²) in [5.41, 5.74) is 1.60. The summed E-state index contributed by atoms with van der Waals surface area (Å²) in [6.07, 6.45) is 0. The minimum Gasteiger partial charge on any atom is -0.248 e. The molecule has 0 spiro atoms. The lowest BCUT2D eigenvalue weighted by molar-refractivity contribution is 0.640. The van der Waals surface area contributed by atoms with Crippen LogP contribution in [0.4, 0.5) is 4.39 Å². The third-order valence-corrected chi connectivity index (χ3v) is 2.51. The van der Waals surface area contributed by atoms with E-state index in [-0.39, 0.29) is 5.82 Å². The Bertz CT molecular complexity index is 646. The van der Waals surface area contributed by atoms with Gasteiger partial charge < -0.3 is 0 Å². The van der Waals surface area contributed by atoms with E-state index < -0.39 is 0 Å². The first-order valence-corrected chi connectivity index (χ1v) is 4.78. The van der Waals surface area contributed by atoms with Crippen LogP contribution in [0.15, 0.2) is 48.5 Å². The van der Waals surface area contributed by atoms with Crippen LogP contribution in [0, 0.1) is 5.82 Å². The number of benzene rings is 2. The zero-order valence-corrected chi connectivity index (χ0v) is 7.94. The van der Waals surface area contributed by atoms with Gasteiger partial charge in [0.15, 0.2) is 0 Å². The van der Waals surface area contributed by atoms with E-state index in [1.807, 2.05) is 36.4 Å². The van der Waals surface area contributed by atoms with Crippen molar-refractivity contribution >= 4 is 21.8 Å². The molecule has 2 heteroatoms. The van der Waals surface area contributed by atoms with Gasteiger partial charge in [0, 0.05) is 10.8 Å². The summed E-state index contributed by atoms with van der Waals surface area (Å²) in [6, 6.07) is 14.5. The molecule has 15 heavy (non-hydrogen) atoms. The second kappa shape index (κ2) is 3.02. The maximum absolute atomic E-state index is 13.5. The van der Waals surface area contributed by atoms with Crippen molar-refractivity contribution < 1.29 is 4.39 Å². The molecule has 0 aliphatic heterocycles. The number of halogens is 1. The van der Waals surface area contributed by atoms with Crippen molar-refractivity contribution in [3.63, 3.8) is 0 Å². The highest BCUT2D eigenvalue weighted by atomic mass is 19.1. The van der Waals surface area contributed by atoms with E-state index in [1.54, 1.807) is 6.07 Å². The molecule has 0 saturated carbocycles. The fourth-order valence-corrected chi connectivity index (χ4v) is 1.76. The number of hydrogen-bond acceptors (Lipinski definition) is 1. The van der Waals surface area contributed by atoms with Gasteiger partial charge in [0.25, 0.3) is 0 Å². The van der Waals surface area contributed by atoms with Crippen LogP contribution in [0.5, 0.6) is 0 Å². The van der Waals surface area contributed by atoms with Crippen LogP contribution in [-0.4, -0.2) is 4.98 Å². The average molecular weight is 197 g/mol. The minimum absolute atomic E-state index is 0.217. The Morgan fingerprint density at radius 2 is 1.67 bits per heavy atom. The molecule has 0 unspecified atom stereocenters. The first-order valence-electron chi connectivity index (χ1n) is 4.78. The van der Waals surface area contributed by atoms with Crippen LogP contribution in [-0.2, 0) is 0 Å². The fourth-order valence-electron chi connectivity index (χ4n) is 1.76. The van der Waals surface area contributed by atoms with Gasteiger partial charge in [-0.2, -0.15) is 0 Å². The largest absolute Gasteiger partial charge is 0.248 e. The molecule has 0 amide bonds. The average Bonchev–Trinajstić information content (AvgIpc) is 2.27. The highest BCUT2D eigenvalue weighted by Gasteiger charge is 2.02. The van der Waals surface area contributed by atoms with Crippen LogP contribution in [0.1, 0.15) is 0 Å². The molecule has 72 valence electrons. The third kappa shape index (κ3) is 1.26. The van der Waals surface area contributed by atoms with Gasteiger partial charge in [0.2, 0.25) is 0 Å². The number of fused-ring (bicyclic) bond motifs is 2. The summed E-state index contributed by atoms with van der Waals surface area (Å²) in [7, 11) is 0. The quantitative estimate of drug-likeness (QED) is 0.502. The van der Waals surface area contributed by atoms with Crippen molar-refractivity contribution in [1.29, 1.82) is 0 Å². The highest BCUT2D eigenvalue weighted by Crippen LogP contribution is 2.21. The monoisotopic (exact) mass is 197 g/mol. The Hall–Kier alpha value is -1.96. The second-order valence-corrected chi connectivity index (χ2v) is 3.49. The topological polar surface area (TPSA) is 12.9 Å². The molecule has 0 bridgehead atoms. The predicted molar refractivity (Wildman–Crippen MR) is 59.2 cm³/mol. The first-order chi connectivity index (χ1) is 7.34. The number of rotatable bonds is 0. The predicted octanol–water partition coefficient (Wildman–Crippen LogP) is 3.53. The van der Waals surface area contributed by atoms with E-state index in [9.17, 15) is 4.39 Å². The van der Waals surface area contributed by atoms with E-state index >= 15 is 0 Å². The van der Waals surface area contributed by atoms with Crippen LogP contribution < -0.4 is 0 Å². The smallest absolute Gasteiger partial charge is 0.132 e. The van der Waals surface area contributed by atoms with Crippen LogP contribution in [0.2, 0.25) is 0 Å². The lowest BCUT2D eigenvalue weighted by Crippen LogP contribution is -1.84. The van der Waals surface area contributed by atoms with Crippen molar-refractivity contribution in [1.82, 2.24) is 4.98 Å². The Kier molecular flexibility index (Phi) is 1.68. The highest BCUT2D eigenvalue weighted by molar-refractivity contribution is 5.92. The van der Waals surface area contributed by atoms with Gasteiger partial charge >= 0.3 is 0 Å². The van der Waals surface area contributed by atoms with Gasteiger partial charge in [-0.25, -0.2) is 9.37 Å². The Labute approximate surface area is 86.2 Å². The number of pyridine rings is 1. The van der Waals surface area contributed by atoms with E-state index in [2.05, 4.69) is 4.98 Å². The van der Waals surface area contributed by atoms with E-state index in [0.29, 0.717) is 10.9 Å². The number of aromatic nitrogens is 1. The maximum atomic E-state index is 13.5. The fraction of sp³-hybridized carbons (Fsp3) is 0. The zero-order chi connectivity index (χ0) is 10.3. The Morgan fingerprint density at radius 3 is 2.60 bits per heavy atom. The van der Waals surface area contributed by atoms with E-state index in [0.717, 1.165) is 10.9 Å². The maximum Gasteiger partial charge on any atom is 0.132 e. The Morgan fingerprint density at radius 1 is 0.867 bits per heavy atom. The van der Waals surface area contributed by atoms with Crippen molar-refractivity contribution in [3.8, 4) is 0 Å². The van der Waals surface area contributed by atoms with Gasteiger partial charge in [0.05, 0.1) is 11.0 Å². The summed E-state index contributed by atoms with van der Waals surface area (Å²) < 4.78 is 13.5. The summed E-state index contributed by atoms with van der Waals surface area (Å²) in [6.45, 7) is 0. The SMILES string of the molecule is Fc1cccc2nc3ccccc3cc12. The van der Waals surface area contributed by atoms with Crippen molar-refractivity contribution in [2.45, 2.75) is 0 Å². The third-order valence-electron chi connectivity index (χ3n) is 2.51. The number of para-hydroxylation sites is 1. The van der Waals surface area contributed by atoms with Gasteiger partial charge in [-0.3, -0.25) is 0 Å². The summed E-state index contributed by atoms with van der Waals surface area (Å²) in [4.78, 5) is 4.40.